The van der Waals surface area contributed by atoms with E-state index < -0.39 is 11.6 Å². The number of pyridine rings is 2. The molecule has 2 aromatic heterocycles. The molecule has 2 aliphatic heterocycles. The Bertz CT molecular complexity index is 1590. The Balaban J connectivity index is 1.59. The van der Waals surface area contributed by atoms with Crippen molar-refractivity contribution in [1.29, 1.82) is 0 Å². The number of carbonyl (C=O) groups is 1. The summed E-state index contributed by atoms with van der Waals surface area (Å²) < 4.78 is 12.2. The normalized spacial score (nSPS) is 17.8. The summed E-state index contributed by atoms with van der Waals surface area (Å²) in [6, 6.07) is 17.5. The summed E-state index contributed by atoms with van der Waals surface area (Å²) in [6.07, 6.45) is 0.0664. The molecule has 0 spiro atoms. The van der Waals surface area contributed by atoms with E-state index in [0.717, 1.165) is 27.8 Å². The summed E-state index contributed by atoms with van der Waals surface area (Å²) in [5, 5.41) is 16.0. The van der Waals surface area contributed by atoms with Gasteiger partial charge in [0.25, 0.3) is 5.56 Å². The highest BCUT2D eigenvalue weighted by Gasteiger charge is 2.48. The van der Waals surface area contributed by atoms with Gasteiger partial charge in [-0.25, -0.2) is 9.78 Å². The van der Waals surface area contributed by atoms with Gasteiger partial charge in [-0.3, -0.25) is 4.79 Å². The number of nitrogens with zero attached hydrogens (tertiary/aromatic N) is 2. The Kier molecular flexibility index (Phi) is 5.08. The van der Waals surface area contributed by atoms with E-state index in [1.807, 2.05) is 54.6 Å². The number of benzene rings is 2. The van der Waals surface area contributed by atoms with Gasteiger partial charge in [0.2, 0.25) is 0 Å². The maximum absolute atomic E-state index is 13.7. The zero-order chi connectivity index (χ0) is 25.0. The van der Waals surface area contributed by atoms with Gasteiger partial charge in [-0.05, 0) is 36.2 Å². The van der Waals surface area contributed by atoms with Gasteiger partial charge in [-0.15, -0.1) is 0 Å². The number of anilines is 1. The first kappa shape index (κ1) is 22.3. The third-order valence-corrected chi connectivity index (χ3v) is 7.16. The molecule has 2 aromatic carbocycles. The molecule has 6 rings (SSSR count). The van der Waals surface area contributed by atoms with Crippen LogP contribution in [0.2, 0.25) is 0 Å². The summed E-state index contributed by atoms with van der Waals surface area (Å²) >= 11 is 0. The van der Waals surface area contributed by atoms with Crippen molar-refractivity contribution in [3.8, 4) is 17.1 Å². The summed E-state index contributed by atoms with van der Waals surface area (Å²) in [6.45, 7) is 2.27. The fourth-order valence-electron chi connectivity index (χ4n) is 5.20. The Morgan fingerprint density at radius 1 is 1.17 bits per heavy atom. The molecular weight excluding hydrogens is 458 g/mol. The number of esters is 1. The van der Waals surface area contributed by atoms with Gasteiger partial charge < -0.3 is 24.5 Å². The zero-order valence-corrected chi connectivity index (χ0v) is 20.0. The predicted molar refractivity (Wildman–Crippen MR) is 135 cm³/mol. The highest BCUT2D eigenvalue weighted by Crippen LogP contribution is 2.45. The summed E-state index contributed by atoms with van der Waals surface area (Å²) in [4.78, 5) is 31.4. The maximum atomic E-state index is 13.7. The lowest BCUT2D eigenvalue weighted by atomic mass is 9.84. The van der Waals surface area contributed by atoms with Gasteiger partial charge in [0.05, 0.1) is 41.8 Å². The van der Waals surface area contributed by atoms with Gasteiger partial charge in [-0.2, -0.15) is 0 Å². The first-order valence-electron chi connectivity index (χ1n) is 11.9. The predicted octanol–water partition coefficient (Wildman–Crippen LogP) is 3.70. The lowest BCUT2D eigenvalue weighted by Gasteiger charge is -2.34. The molecule has 0 fully saturated rings. The molecule has 0 saturated carbocycles. The van der Waals surface area contributed by atoms with Crippen molar-refractivity contribution >= 4 is 22.6 Å². The lowest BCUT2D eigenvalue weighted by Crippen LogP contribution is -2.45. The van der Waals surface area contributed by atoms with Crippen LogP contribution in [0, 0.1) is 0 Å². The smallest absolute Gasteiger partial charge is 0.343 e. The Morgan fingerprint density at radius 3 is 2.69 bits per heavy atom. The number of cyclic esters (lactones) is 1. The summed E-state index contributed by atoms with van der Waals surface area (Å²) in [5.41, 5.74) is 2.82. The molecule has 0 saturated heterocycles. The van der Waals surface area contributed by atoms with Crippen LogP contribution in [0.3, 0.4) is 0 Å². The van der Waals surface area contributed by atoms with Gasteiger partial charge in [0.1, 0.15) is 12.4 Å². The minimum atomic E-state index is -1.94. The minimum Gasteiger partial charge on any atom is -0.497 e. The van der Waals surface area contributed by atoms with E-state index in [-0.39, 0.29) is 29.7 Å². The SMILES string of the molecule is CC[C@@]1(O)C(=O)OCc2c1c(NCc1ccc(OC)cc1)c1n(c2=O)Cc2cc3ccccc3nc2-1. The molecular formula is C28H25N3O5. The van der Waals surface area contributed by atoms with Crippen LogP contribution in [0.1, 0.15) is 35.6 Å². The summed E-state index contributed by atoms with van der Waals surface area (Å²) in [5.74, 6) is -0.00423. The molecule has 2 N–H and O–H groups in total. The number of methoxy groups -OCH3 is 1. The topological polar surface area (TPSA) is 103 Å². The first-order chi connectivity index (χ1) is 17.4. The van der Waals surface area contributed by atoms with E-state index in [1.54, 1.807) is 18.6 Å². The molecule has 0 unspecified atom stereocenters. The van der Waals surface area contributed by atoms with Crippen molar-refractivity contribution in [3.05, 3.63) is 87.2 Å². The van der Waals surface area contributed by atoms with Crippen LogP contribution < -0.4 is 15.6 Å². The van der Waals surface area contributed by atoms with E-state index >= 15 is 0 Å². The fraction of sp³-hybridized carbons (Fsp3) is 0.250. The molecule has 8 nitrogen and oxygen atoms in total. The molecule has 0 aliphatic carbocycles. The second kappa shape index (κ2) is 8.20. The minimum absolute atomic E-state index is 0.0664. The number of hydrogen-bond acceptors (Lipinski definition) is 7. The standard InChI is InChI=1S/C28H25N3O5/c1-3-28(34)22-20(15-36-27(28)33)26(32)31-14-18-12-17-6-4-5-7-21(17)30-23(18)25(31)24(22)29-13-16-8-10-19(35-2)11-9-16/h4-12,29,34H,3,13-15H2,1-2H3/t28-/m0/s1. The monoisotopic (exact) mass is 483 g/mol. The number of fused-ring (bicyclic) bond motifs is 5. The molecule has 0 radical (unpaired) electrons. The van der Waals surface area contributed by atoms with Crippen molar-refractivity contribution in [2.24, 2.45) is 0 Å². The van der Waals surface area contributed by atoms with Crippen LogP contribution in [0.25, 0.3) is 22.3 Å². The average molecular weight is 484 g/mol. The van der Waals surface area contributed by atoms with Gasteiger partial charge in [0.15, 0.2) is 5.60 Å². The lowest BCUT2D eigenvalue weighted by molar-refractivity contribution is -0.172. The second-order valence-corrected chi connectivity index (χ2v) is 9.15. The molecule has 2 aliphatic rings. The van der Waals surface area contributed by atoms with E-state index in [0.29, 0.717) is 30.2 Å². The molecule has 8 heteroatoms. The van der Waals surface area contributed by atoms with Crippen LogP contribution in [0.5, 0.6) is 5.75 Å². The summed E-state index contributed by atoms with van der Waals surface area (Å²) in [7, 11) is 1.61. The number of ether oxygens (including phenoxy) is 2. The third kappa shape index (κ3) is 3.21. The van der Waals surface area contributed by atoms with Crippen molar-refractivity contribution in [2.75, 3.05) is 12.4 Å². The zero-order valence-electron chi connectivity index (χ0n) is 20.0. The highest BCUT2D eigenvalue weighted by molar-refractivity contribution is 5.92. The van der Waals surface area contributed by atoms with Gasteiger partial charge in [-0.1, -0.05) is 37.3 Å². The van der Waals surface area contributed by atoms with Crippen LogP contribution in [0.15, 0.2) is 59.4 Å². The largest absolute Gasteiger partial charge is 0.497 e. The molecule has 182 valence electrons. The Hall–Kier alpha value is -4.17. The first-order valence-corrected chi connectivity index (χ1v) is 11.9. The number of carbonyl (C=O) groups excluding carboxylic acids is 1. The van der Waals surface area contributed by atoms with Gasteiger partial charge in [0, 0.05) is 23.1 Å². The molecule has 36 heavy (non-hydrogen) atoms. The number of aliphatic hydroxyl groups is 1. The fourth-order valence-corrected chi connectivity index (χ4v) is 5.20. The number of aromatic nitrogens is 2. The van der Waals surface area contributed by atoms with E-state index in [9.17, 15) is 14.7 Å². The van der Waals surface area contributed by atoms with Crippen LogP contribution >= 0.6 is 0 Å². The molecule has 0 amide bonds. The quantitative estimate of drug-likeness (QED) is 0.368. The number of para-hydroxylation sites is 1. The van der Waals surface area contributed by atoms with E-state index in [1.165, 1.54) is 0 Å². The average Bonchev–Trinajstić information content (AvgIpc) is 3.28. The molecule has 1 atom stereocenters. The van der Waals surface area contributed by atoms with Crippen molar-refractivity contribution in [1.82, 2.24) is 9.55 Å². The van der Waals surface area contributed by atoms with Crippen LogP contribution in [-0.4, -0.2) is 27.7 Å². The maximum Gasteiger partial charge on any atom is 0.343 e. The highest BCUT2D eigenvalue weighted by atomic mass is 16.6. The number of hydrogen-bond donors (Lipinski definition) is 2. The van der Waals surface area contributed by atoms with Gasteiger partial charge >= 0.3 is 5.97 Å². The third-order valence-electron chi connectivity index (χ3n) is 7.16. The number of nitrogens with one attached hydrogen (secondary N) is 1. The van der Waals surface area contributed by atoms with Crippen LogP contribution in [0.4, 0.5) is 5.69 Å². The van der Waals surface area contributed by atoms with E-state index in [2.05, 4.69) is 5.32 Å². The van der Waals surface area contributed by atoms with Crippen molar-refractivity contribution < 1.29 is 19.4 Å². The van der Waals surface area contributed by atoms with Crippen LogP contribution in [-0.2, 0) is 34.8 Å². The van der Waals surface area contributed by atoms with Crippen molar-refractivity contribution in [2.45, 2.75) is 38.6 Å². The number of rotatable bonds is 5. The second-order valence-electron chi connectivity index (χ2n) is 9.15. The molecule has 0 bridgehead atoms. The Labute approximate surface area is 207 Å². The molecule has 4 heterocycles. The Morgan fingerprint density at radius 2 is 1.94 bits per heavy atom. The molecule has 4 aromatic rings. The van der Waals surface area contributed by atoms with Crippen molar-refractivity contribution in [3.63, 3.8) is 0 Å². The van der Waals surface area contributed by atoms with E-state index in [4.69, 9.17) is 14.5 Å².